The van der Waals surface area contributed by atoms with E-state index < -0.39 is 6.17 Å². The van der Waals surface area contributed by atoms with Gasteiger partial charge in [-0.1, -0.05) is 15.9 Å². The first-order chi connectivity index (χ1) is 6.02. The molecule has 1 unspecified atom stereocenters. The molecule has 0 heterocycles. The van der Waals surface area contributed by atoms with Crippen molar-refractivity contribution in [2.75, 3.05) is 14.1 Å². The molecule has 2 N–H and O–H groups in total. The summed E-state index contributed by atoms with van der Waals surface area (Å²) < 4.78 is 14.1. The molecule has 0 aliphatic rings. The van der Waals surface area contributed by atoms with Gasteiger partial charge in [0, 0.05) is 10.0 Å². The van der Waals surface area contributed by atoms with Crippen LogP contribution in [-0.4, -0.2) is 19.0 Å². The molecule has 0 fully saturated rings. The van der Waals surface area contributed by atoms with Crippen LogP contribution in [0.2, 0.25) is 0 Å². The smallest absolute Gasteiger partial charge is 0.129 e. The molecule has 72 valence electrons. The molecule has 13 heavy (non-hydrogen) atoms. The number of nitrogens with two attached hydrogens (primary N) is 1. The fraction of sp³-hybridized carbons (Fsp3) is 0.333. The summed E-state index contributed by atoms with van der Waals surface area (Å²) in [5, 5.41) is 0. The zero-order valence-electron chi connectivity index (χ0n) is 7.59. The molecule has 0 saturated heterocycles. The van der Waals surface area contributed by atoms with Crippen LogP contribution in [0.4, 0.5) is 4.39 Å². The van der Waals surface area contributed by atoms with E-state index in [0.717, 1.165) is 4.47 Å². The lowest BCUT2D eigenvalue weighted by Crippen LogP contribution is -2.28. The van der Waals surface area contributed by atoms with Crippen LogP contribution in [0.5, 0.6) is 0 Å². The first-order valence-electron chi connectivity index (χ1n) is 3.89. The Balaban J connectivity index is 3.05. The maximum atomic E-state index is 13.3. The van der Waals surface area contributed by atoms with Crippen molar-refractivity contribution in [3.05, 3.63) is 34.1 Å². The third kappa shape index (κ3) is 2.49. The van der Waals surface area contributed by atoms with Crippen molar-refractivity contribution < 1.29 is 4.39 Å². The van der Waals surface area contributed by atoms with E-state index in [2.05, 4.69) is 15.9 Å². The van der Waals surface area contributed by atoms with Crippen molar-refractivity contribution >= 4 is 15.9 Å². The summed E-state index contributed by atoms with van der Waals surface area (Å²) in [6.07, 6.45) is -0.405. The lowest BCUT2D eigenvalue weighted by atomic mass is 10.1. The molecule has 0 saturated carbocycles. The van der Waals surface area contributed by atoms with Crippen molar-refractivity contribution in [3.63, 3.8) is 0 Å². The molecule has 0 radical (unpaired) electrons. The molecule has 0 aliphatic heterocycles. The molecule has 1 atom stereocenters. The molecule has 1 aromatic carbocycles. The number of hydrogen-bond acceptors (Lipinski definition) is 2. The lowest BCUT2D eigenvalue weighted by Gasteiger charge is -2.20. The summed E-state index contributed by atoms with van der Waals surface area (Å²) >= 11 is 3.27. The van der Waals surface area contributed by atoms with Crippen LogP contribution in [-0.2, 0) is 0 Å². The minimum Gasteiger partial charge on any atom is -0.312 e. The van der Waals surface area contributed by atoms with E-state index in [-0.39, 0.29) is 5.82 Å². The van der Waals surface area contributed by atoms with Gasteiger partial charge in [0.2, 0.25) is 0 Å². The second-order valence-electron chi connectivity index (χ2n) is 3.07. The van der Waals surface area contributed by atoms with E-state index in [1.54, 1.807) is 17.0 Å². The Hall–Kier alpha value is -0.450. The number of halogens is 2. The summed E-state index contributed by atoms with van der Waals surface area (Å²) in [5.74, 6) is -0.274. The van der Waals surface area contributed by atoms with Crippen molar-refractivity contribution in [3.8, 4) is 0 Å². The predicted molar refractivity (Wildman–Crippen MR) is 54.7 cm³/mol. The summed E-state index contributed by atoms with van der Waals surface area (Å²) in [4.78, 5) is 1.75. The van der Waals surface area contributed by atoms with Gasteiger partial charge in [-0.25, -0.2) is 4.39 Å². The molecule has 0 amide bonds. The monoisotopic (exact) mass is 246 g/mol. The predicted octanol–water partition coefficient (Wildman–Crippen LogP) is 2.11. The van der Waals surface area contributed by atoms with Gasteiger partial charge in [0.15, 0.2) is 0 Å². The zero-order chi connectivity index (χ0) is 10.0. The molecule has 2 nitrogen and oxygen atoms in total. The van der Waals surface area contributed by atoms with E-state index in [4.69, 9.17) is 5.73 Å². The molecule has 4 heteroatoms. The van der Waals surface area contributed by atoms with Crippen LogP contribution in [0.1, 0.15) is 11.7 Å². The Morgan fingerprint density at radius 1 is 1.46 bits per heavy atom. The van der Waals surface area contributed by atoms with Crippen molar-refractivity contribution in [2.24, 2.45) is 5.73 Å². The summed E-state index contributed by atoms with van der Waals surface area (Å²) in [7, 11) is 3.62. The second kappa shape index (κ2) is 4.17. The Labute approximate surface area is 85.7 Å². The number of benzene rings is 1. The van der Waals surface area contributed by atoms with Gasteiger partial charge < -0.3 is 5.73 Å². The van der Waals surface area contributed by atoms with E-state index in [1.165, 1.54) is 6.07 Å². The second-order valence-corrected chi connectivity index (χ2v) is 3.99. The zero-order valence-corrected chi connectivity index (χ0v) is 9.18. The van der Waals surface area contributed by atoms with Gasteiger partial charge in [-0.05, 0) is 32.3 Å². The van der Waals surface area contributed by atoms with Crippen LogP contribution in [0.15, 0.2) is 22.7 Å². The standard InChI is InChI=1S/C9H12BrFN2/c1-13(2)9(12)7-5-6(10)3-4-8(7)11/h3-5,9H,12H2,1-2H3. The van der Waals surface area contributed by atoms with Crippen molar-refractivity contribution in [1.29, 1.82) is 0 Å². The molecule has 0 aliphatic carbocycles. The third-order valence-electron chi connectivity index (χ3n) is 1.83. The van der Waals surface area contributed by atoms with E-state index in [9.17, 15) is 4.39 Å². The fourth-order valence-electron chi connectivity index (χ4n) is 1.02. The fourth-order valence-corrected chi connectivity index (χ4v) is 1.40. The SMILES string of the molecule is CN(C)C(N)c1cc(Br)ccc1F. The summed E-state index contributed by atoms with van der Waals surface area (Å²) in [6, 6.07) is 4.75. The number of rotatable bonds is 2. The third-order valence-corrected chi connectivity index (χ3v) is 2.33. The highest BCUT2D eigenvalue weighted by atomic mass is 79.9. The molecule has 0 spiro atoms. The van der Waals surface area contributed by atoms with Gasteiger partial charge >= 0.3 is 0 Å². The normalized spacial score (nSPS) is 13.4. The van der Waals surface area contributed by atoms with Gasteiger partial charge in [0.25, 0.3) is 0 Å². The molecular formula is C9H12BrFN2. The molecular weight excluding hydrogens is 235 g/mol. The Morgan fingerprint density at radius 2 is 2.08 bits per heavy atom. The highest BCUT2D eigenvalue weighted by molar-refractivity contribution is 9.10. The first kappa shape index (κ1) is 10.6. The van der Waals surface area contributed by atoms with Crippen LogP contribution in [0.25, 0.3) is 0 Å². The van der Waals surface area contributed by atoms with E-state index in [1.807, 2.05) is 14.1 Å². The van der Waals surface area contributed by atoms with Crippen molar-refractivity contribution in [1.82, 2.24) is 4.90 Å². The Bertz CT molecular complexity index is 302. The van der Waals surface area contributed by atoms with Gasteiger partial charge in [-0.3, -0.25) is 4.90 Å². The van der Waals surface area contributed by atoms with Crippen LogP contribution in [0, 0.1) is 5.82 Å². The molecule has 0 aromatic heterocycles. The summed E-state index contributed by atoms with van der Waals surface area (Å²) in [6.45, 7) is 0. The minimum atomic E-state index is -0.405. The number of nitrogens with zero attached hydrogens (tertiary/aromatic N) is 1. The highest BCUT2D eigenvalue weighted by Gasteiger charge is 2.13. The van der Waals surface area contributed by atoms with Gasteiger partial charge in [0.05, 0.1) is 6.17 Å². The Kier molecular flexibility index (Phi) is 3.41. The summed E-state index contributed by atoms with van der Waals surface area (Å²) in [5.41, 5.74) is 6.27. The van der Waals surface area contributed by atoms with Crippen LogP contribution < -0.4 is 5.73 Å². The average Bonchev–Trinajstić information content (AvgIpc) is 2.08. The number of hydrogen-bond donors (Lipinski definition) is 1. The topological polar surface area (TPSA) is 29.3 Å². The quantitative estimate of drug-likeness (QED) is 0.811. The first-order valence-corrected chi connectivity index (χ1v) is 4.68. The van der Waals surface area contributed by atoms with Gasteiger partial charge in [0.1, 0.15) is 5.82 Å². The van der Waals surface area contributed by atoms with Crippen LogP contribution in [0.3, 0.4) is 0 Å². The van der Waals surface area contributed by atoms with Crippen molar-refractivity contribution in [2.45, 2.75) is 6.17 Å². The lowest BCUT2D eigenvalue weighted by molar-refractivity contribution is 0.299. The van der Waals surface area contributed by atoms with E-state index >= 15 is 0 Å². The minimum absolute atomic E-state index is 0.274. The highest BCUT2D eigenvalue weighted by Crippen LogP contribution is 2.21. The largest absolute Gasteiger partial charge is 0.312 e. The molecule has 1 aromatic rings. The molecule has 1 rings (SSSR count). The van der Waals surface area contributed by atoms with Gasteiger partial charge in [-0.15, -0.1) is 0 Å². The molecule has 0 bridgehead atoms. The maximum Gasteiger partial charge on any atom is 0.129 e. The Morgan fingerprint density at radius 3 is 2.62 bits per heavy atom. The average molecular weight is 247 g/mol. The van der Waals surface area contributed by atoms with E-state index in [0.29, 0.717) is 5.56 Å². The van der Waals surface area contributed by atoms with Crippen LogP contribution >= 0.6 is 15.9 Å². The van der Waals surface area contributed by atoms with Gasteiger partial charge in [-0.2, -0.15) is 0 Å². The maximum absolute atomic E-state index is 13.3.